The molecule has 0 aliphatic heterocycles. The number of hydrogen-bond donors (Lipinski definition) is 0. The number of nitrogens with zero attached hydrogens (tertiary/aromatic N) is 3. The number of aromatic nitrogens is 3. The maximum absolute atomic E-state index is 11.6. The second kappa shape index (κ2) is 7.31. The van der Waals surface area contributed by atoms with Crippen molar-refractivity contribution in [1.29, 1.82) is 0 Å². The third-order valence-corrected chi connectivity index (χ3v) is 3.74. The minimum Gasteiger partial charge on any atom is -0.490 e. The number of hydrogen-bond acceptors (Lipinski definition) is 6. The maximum Gasteiger partial charge on any atom is 0.337 e. The monoisotopic (exact) mass is 391 g/mol. The van der Waals surface area contributed by atoms with Crippen LogP contribution < -0.4 is 9.57 Å². The fraction of sp³-hybridized carbons (Fsp3) is 0.188. The number of halogens is 1. The van der Waals surface area contributed by atoms with Crippen molar-refractivity contribution >= 4 is 32.9 Å². The van der Waals surface area contributed by atoms with Gasteiger partial charge >= 0.3 is 5.97 Å². The fourth-order valence-corrected chi connectivity index (χ4v) is 2.32. The molecular formula is C16H14BrN3O4. The molecule has 1 aromatic heterocycles. The first kappa shape index (κ1) is 16.3. The summed E-state index contributed by atoms with van der Waals surface area (Å²) in [6, 6.07) is 12.5. The van der Waals surface area contributed by atoms with Crippen LogP contribution in [0.25, 0.3) is 11.0 Å². The zero-order valence-electron chi connectivity index (χ0n) is 12.8. The minimum absolute atomic E-state index is 0.275. The molecule has 2 aromatic carbocycles. The molecule has 0 fully saturated rings. The molecule has 0 saturated heterocycles. The summed E-state index contributed by atoms with van der Waals surface area (Å²) in [7, 11) is 1.33. The topological polar surface area (TPSA) is 75.5 Å². The van der Waals surface area contributed by atoms with E-state index in [1.54, 1.807) is 18.2 Å². The van der Waals surface area contributed by atoms with E-state index < -0.39 is 5.97 Å². The van der Waals surface area contributed by atoms with E-state index in [2.05, 4.69) is 26.2 Å². The van der Waals surface area contributed by atoms with Crippen LogP contribution in [0.1, 0.15) is 10.4 Å². The quantitative estimate of drug-likeness (QED) is 0.474. The molecule has 3 rings (SSSR count). The van der Waals surface area contributed by atoms with Crippen molar-refractivity contribution in [2.45, 2.75) is 0 Å². The number of fused-ring (bicyclic) bond motifs is 1. The molecule has 0 unspecified atom stereocenters. The number of rotatable bonds is 6. The molecule has 0 radical (unpaired) electrons. The summed E-state index contributed by atoms with van der Waals surface area (Å²) in [6.07, 6.45) is 0. The summed E-state index contributed by atoms with van der Waals surface area (Å²) in [6.45, 7) is 0.622. The Balaban J connectivity index is 1.62. The third-order valence-electron chi connectivity index (χ3n) is 3.22. The Bertz CT molecular complexity index is 848. The Kier molecular flexibility index (Phi) is 4.95. The van der Waals surface area contributed by atoms with E-state index in [9.17, 15) is 4.79 Å². The fourth-order valence-electron chi connectivity index (χ4n) is 2.05. The van der Waals surface area contributed by atoms with E-state index in [1.165, 1.54) is 12.0 Å². The number of carbonyl (C=O) groups is 1. The molecule has 0 atom stereocenters. The predicted molar refractivity (Wildman–Crippen MR) is 90.0 cm³/mol. The van der Waals surface area contributed by atoms with Gasteiger partial charge < -0.3 is 14.3 Å². The molecule has 24 heavy (non-hydrogen) atoms. The van der Waals surface area contributed by atoms with Gasteiger partial charge in [0.1, 0.15) is 23.4 Å². The Morgan fingerprint density at radius 2 is 1.96 bits per heavy atom. The third kappa shape index (κ3) is 3.65. The van der Waals surface area contributed by atoms with Gasteiger partial charge in [-0.25, -0.2) is 4.79 Å². The lowest BCUT2D eigenvalue weighted by molar-refractivity contribution is 0.0598. The van der Waals surface area contributed by atoms with Gasteiger partial charge in [-0.2, -0.15) is 0 Å². The number of methoxy groups -OCH3 is 1. The van der Waals surface area contributed by atoms with Gasteiger partial charge in [0.2, 0.25) is 0 Å². The predicted octanol–water partition coefficient (Wildman–Crippen LogP) is 2.49. The first-order valence-electron chi connectivity index (χ1n) is 7.13. The molecule has 0 amide bonds. The highest BCUT2D eigenvalue weighted by Crippen LogP contribution is 2.16. The van der Waals surface area contributed by atoms with Gasteiger partial charge in [0, 0.05) is 4.47 Å². The van der Waals surface area contributed by atoms with Crippen LogP contribution >= 0.6 is 15.9 Å². The summed E-state index contributed by atoms with van der Waals surface area (Å²) < 4.78 is 11.3. The van der Waals surface area contributed by atoms with E-state index in [-0.39, 0.29) is 6.61 Å². The largest absolute Gasteiger partial charge is 0.490 e. The number of ether oxygens (including phenoxy) is 2. The normalized spacial score (nSPS) is 10.6. The van der Waals surface area contributed by atoms with Crippen LogP contribution in [0.4, 0.5) is 0 Å². The van der Waals surface area contributed by atoms with Crippen molar-refractivity contribution in [3.8, 4) is 5.75 Å². The number of benzene rings is 2. The smallest absolute Gasteiger partial charge is 0.337 e. The van der Waals surface area contributed by atoms with Gasteiger partial charge in [-0.15, -0.1) is 5.10 Å². The highest BCUT2D eigenvalue weighted by Gasteiger charge is 2.11. The zero-order valence-corrected chi connectivity index (χ0v) is 14.4. The Hall–Kier alpha value is -2.61. The summed E-state index contributed by atoms with van der Waals surface area (Å²) in [5.74, 6) is 0.321. The van der Waals surface area contributed by atoms with E-state index in [0.29, 0.717) is 23.2 Å². The summed E-state index contributed by atoms with van der Waals surface area (Å²) in [4.78, 5) is 18.4. The van der Waals surface area contributed by atoms with Crippen LogP contribution in [-0.4, -0.2) is 41.5 Å². The van der Waals surface area contributed by atoms with Crippen molar-refractivity contribution in [3.63, 3.8) is 0 Å². The molecule has 0 aliphatic rings. The molecule has 8 heteroatoms. The van der Waals surface area contributed by atoms with Crippen LogP contribution in [0.5, 0.6) is 5.75 Å². The van der Waals surface area contributed by atoms with Crippen LogP contribution in [0.3, 0.4) is 0 Å². The van der Waals surface area contributed by atoms with Crippen molar-refractivity contribution < 1.29 is 19.1 Å². The summed E-state index contributed by atoms with van der Waals surface area (Å²) in [5, 5.41) is 7.89. The molecule has 0 bridgehead atoms. The number of carbonyl (C=O) groups excluding carboxylic acids is 1. The van der Waals surface area contributed by atoms with Gasteiger partial charge in [0.25, 0.3) is 0 Å². The standard InChI is InChI=1S/C16H14BrN3O4/c1-22-16(21)11-2-7-14-15(10-11)20(19-18-14)24-9-8-23-13-5-3-12(17)4-6-13/h2-7,10H,8-9H2,1H3. The van der Waals surface area contributed by atoms with E-state index in [0.717, 1.165) is 10.2 Å². The Labute approximate surface area is 146 Å². The van der Waals surface area contributed by atoms with E-state index in [4.69, 9.17) is 14.3 Å². The van der Waals surface area contributed by atoms with Gasteiger partial charge in [-0.3, -0.25) is 0 Å². The van der Waals surface area contributed by atoms with E-state index in [1.807, 2.05) is 24.3 Å². The van der Waals surface area contributed by atoms with Crippen LogP contribution in [-0.2, 0) is 4.74 Å². The first-order chi connectivity index (χ1) is 11.7. The average Bonchev–Trinajstić information content (AvgIpc) is 3.02. The van der Waals surface area contributed by atoms with Gasteiger partial charge in [0.15, 0.2) is 6.61 Å². The van der Waals surface area contributed by atoms with E-state index >= 15 is 0 Å². The summed E-state index contributed by atoms with van der Waals surface area (Å²) >= 11 is 3.37. The zero-order chi connectivity index (χ0) is 16.9. The lowest BCUT2D eigenvalue weighted by atomic mass is 10.2. The second-order valence-electron chi connectivity index (χ2n) is 4.79. The molecule has 1 heterocycles. The van der Waals surface area contributed by atoms with Gasteiger partial charge in [-0.1, -0.05) is 20.8 Å². The van der Waals surface area contributed by atoms with Crippen LogP contribution in [0, 0.1) is 0 Å². The second-order valence-corrected chi connectivity index (χ2v) is 5.71. The van der Waals surface area contributed by atoms with Crippen molar-refractivity contribution in [2.24, 2.45) is 0 Å². The lowest BCUT2D eigenvalue weighted by Crippen LogP contribution is -2.19. The van der Waals surface area contributed by atoms with Gasteiger partial charge in [0.05, 0.1) is 12.7 Å². The van der Waals surface area contributed by atoms with Crippen LogP contribution in [0.15, 0.2) is 46.9 Å². The first-order valence-corrected chi connectivity index (χ1v) is 7.92. The molecular weight excluding hydrogens is 378 g/mol. The molecule has 0 spiro atoms. The van der Waals surface area contributed by atoms with Gasteiger partial charge in [-0.05, 0) is 47.7 Å². The molecule has 7 nitrogen and oxygen atoms in total. The molecule has 124 valence electrons. The van der Waals surface area contributed by atoms with Crippen LogP contribution in [0.2, 0.25) is 0 Å². The van der Waals surface area contributed by atoms with Crippen molar-refractivity contribution in [1.82, 2.24) is 15.2 Å². The number of esters is 1. The highest BCUT2D eigenvalue weighted by atomic mass is 79.9. The van der Waals surface area contributed by atoms with Crippen molar-refractivity contribution in [3.05, 3.63) is 52.5 Å². The average molecular weight is 392 g/mol. The maximum atomic E-state index is 11.6. The van der Waals surface area contributed by atoms with Crippen molar-refractivity contribution in [2.75, 3.05) is 20.3 Å². The molecule has 0 saturated carbocycles. The highest BCUT2D eigenvalue weighted by molar-refractivity contribution is 9.10. The SMILES string of the molecule is COC(=O)c1ccc2nnn(OCCOc3ccc(Br)cc3)c2c1. The Morgan fingerprint density at radius 1 is 1.17 bits per heavy atom. The minimum atomic E-state index is -0.428. The summed E-state index contributed by atoms with van der Waals surface area (Å²) in [5.41, 5.74) is 1.61. The Morgan fingerprint density at radius 3 is 2.71 bits per heavy atom. The lowest BCUT2D eigenvalue weighted by Gasteiger charge is -2.08. The molecule has 0 N–H and O–H groups in total. The molecule has 3 aromatic rings. The molecule has 0 aliphatic carbocycles.